The summed E-state index contributed by atoms with van der Waals surface area (Å²) >= 11 is 9.39. The van der Waals surface area contributed by atoms with E-state index in [9.17, 15) is 4.79 Å². The topological polar surface area (TPSA) is 51.5 Å². The van der Waals surface area contributed by atoms with Crippen molar-refractivity contribution in [1.82, 2.24) is 0 Å². The summed E-state index contributed by atoms with van der Waals surface area (Å²) in [5.41, 5.74) is 2.11. The second-order valence-electron chi connectivity index (χ2n) is 4.97. The molecule has 0 spiro atoms. The number of methoxy groups -OCH3 is 1. The van der Waals surface area contributed by atoms with Gasteiger partial charge in [-0.1, -0.05) is 27.5 Å². The first kappa shape index (κ1) is 15.9. The van der Waals surface area contributed by atoms with Crippen molar-refractivity contribution in [2.45, 2.75) is 6.42 Å². The van der Waals surface area contributed by atoms with Crippen LogP contribution in [0.2, 0.25) is 5.02 Å². The van der Waals surface area contributed by atoms with Gasteiger partial charge < -0.3 is 14.5 Å². The van der Waals surface area contributed by atoms with E-state index in [0.29, 0.717) is 16.5 Å². The van der Waals surface area contributed by atoms with Gasteiger partial charge in [0.1, 0.15) is 11.3 Å². The Bertz CT molecular complexity index is 875. The minimum absolute atomic E-state index is 0.173. The van der Waals surface area contributed by atoms with Gasteiger partial charge in [-0.15, -0.1) is 0 Å². The summed E-state index contributed by atoms with van der Waals surface area (Å²) in [6, 6.07) is 10.8. The molecule has 1 heterocycles. The van der Waals surface area contributed by atoms with Crippen LogP contribution in [-0.2, 0) is 11.2 Å². The first-order chi connectivity index (χ1) is 11.1. The van der Waals surface area contributed by atoms with E-state index in [1.165, 1.54) is 0 Å². The van der Waals surface area contributed by atoms with Crippen molar-refractivity contribution in [3.05, 3.63) is 57.7 Å². The van der Waals surface area contributed by atoms with Gasteiger partial charge in [0.25, 0.3) is 0 Å². The summed E-state index contributed by atoms with van der Waals surface area (Å²) in [5, 5.41) is 4.25. The molecule has 23 heavy (non-hydrogen) atoms. The molecule has 0 radical (unpaired) electrons. The number of anilines is 1. The van der Waals surface area contributed by atoms with Crippen LogP contribution in [0.25, 0.3) is 11.0 Å². The second-order valence-corrected chi connectivity index (χ2v) is 6.32. The zero-order valence-electron chi connectivity index (χ0n) is 12.2. The predicted octanol–water partition coefficient (Wildman–Crippen LogP) is 5.04. The third-order valence-electron chi connectivity index (χ3n) is 3.40. The summed E-state index contributed by atoms with van der Waals surface area (Å²) < 4.78 is 11.6. The van der Waals surface area contributed by atoms with Gasteiger partial charge in [0.2, 0.25) is 5.91 Å². The maximum atomic E-state index is 12.3. The van der Waals surface area contributed by atoms with Gasteiger partial charge >= 0.3 is 0 Å². The van der Waals surface area contributed by atoms with E-state index >= 15 is 0 Å². The molecule has 2 aromatic carbocycles. The van der Waals surface area contributed by atoms with Crippen LogP contribution in [0, 0.1) is 0 Å². The lowest BCUT2D eigenvalue weighted by Gasteiger charge is -2.10. The summed E-state index contributed by atoms with van der Waals surface area (Å²) in [7, 11) is 1.54. The van der Waals surface area contributed by atoms with Crippen molar-refractivity contribution in [1.29, 1.82) is 0 Å². The number of fused-ring (bicyclic) bond motifs is 1. The molecular weight excluding hydrogens is 382 g/mol. The lowest BCUT2D eigenvalue weighted by molar-refractivity contribution is -0.115. The monoisotopic (exact) mass is 393 g/mol. The molecule has 1 aromatic heterocycles. The molecule has 3 aromatic rings. The molecule has 118 valence electrons. The minimum Gasteiger partial charge on any atom is -0.495 e. The lowest BCUT2D eigenvalue weighted by Crippen LogP contribution is -2.14. The van der Waals surface area contributed by atoms with E-state index in [0.717, 1.165) is 21.0 Å². The molecule has 0 bridgehead atoms. The Labute approximate surface area is 146 Å². The molecule has 1 amide bonds. The van der Waals surface area contributed by atoms with E-state index in [-0.39, 0.29) is 12.3 Å². The summed E-state index contributed by atoms with van der Waals surface area (Å²) in [6.45, 7) is 0. The smallest absolute Gasteiger partial charge is 0.229 e. The van der Waals surface area contributed by atoms with Gasteiger partial charge in [0.05, 0.1) is 25.5 Å². The highest BCUT2D eigenvalue weighted by Gasteiger charge is 2.13. The largest absolute Gasteiger partial charge is 0.495 e. The fraction of sp³-hybridized carbons (Fsp3) is 0.118. The molecule has 3 rings (SSSR count). The number of carbonyl (C=O) groups is 1. The van der Waals surface area contributed by atoms with Crippen molar-refractivity contribution in [2.75, 3.05) is 12.4 Å². The molecule has 1 N–H and O–H groups in total. The molecule has 0 atom stereocenters. The number of halogens is 2. The predicted molar refractivity (Wildman–Crippen MR) is 94.3 cm³/mol. The molecule has 4 nitrogen and oxygen atoms in total. The van der Waals surface area contributed by atoms with Crippen molar-refractivity contribution >= 4 is 50.1 Å². The van der Waals surface area contributed by atoms with E-state index in [2.05, 4.69) is 21.2 Å². The Morgan fingerprint density at radius 3 is 2.91 bits per heavy atom. The number of carbonyl (C=O) groups excluding carboxylic acids is 1. The summed E-state index contributed by atoms with van der Waals surface area (Å²) in [5.74, 6) is 0.385. The first-order valence-electron chi connectivity index (χ1n) is 6.86. The number of ether oxygens (including phenoxy) is 1. The Hall–Kier alpha value is -1.98. The number of hydrogen-bond donors (Lipinski definition) is 1. The second kappa shape index (κ2) is 6.64. The quantitative estimate of drug-likeness (QED) is 0.674. The van der Waals surface area contributed by atoms with Gasteiger partial charge in [-0.2, -0.15) is 0 Å². The average Bonchev–Trinajstić information content (AvgIpc) is 2.90. The maximum absolute atomic E-state index is 12.3. The third-order valence-corrected chi connectivity index (χ3v) is 4.13. The van der Waals surface area contributed by atoms with E-state index in [4.69, 9.17) is 20.8 Å². The Kier molecular flexibility index (Phi) is 4.59. The van der Waals surface area contributed by atoms with E-state index in [1.807, 2.05) is 18.2 Å². The number of nitrogens with one attached hydrogen (secondary N) is 1. The number of furan rings is 1. The molecule has 0 unspecified atom stereocenters. The number of amides is 1. The Morgan fingerprint density at radius 1 is 1.30 bits per heavy atom. The zero-order valence-corrected chi connectivity index (χ0v) is 14.6. The van der Waals surface area contributed by atoms with Gasteiger partial charge in [0.15, 0.2) is 0 Å². The van der Waals surface area contributed by atoms with Crippen LogP contribution in [0.3, 0.4) is 0 Å². The molecule has 0 aliphatic carbocycles. The highest BCUT2D eigenvalue weighted by Crippen LogP contribution is 2.29. The zero-order chi connectivity index (χ0) is 16.4. The molecule has 0 fully saturated rings. The lowest BCUT2D eigenvalue weighted by atomic mass is 10.1. The van der Waals surface area contributed by atoms with Gasteiger partial charge in [-0.25, -0.2) is 0 Å². The highest BCUT2D eigenvalue weighted by atomic mass is 79.9. The molecule has 0 saturated carbocycles. The number of benzene rings is 2. The van der Waals surface area contributed by atoms with Crippen LogP contribution in [0.4, 0.5) is 5.69 Å². The summed E-state index contributed by atoms with van der Waals surface area (Å²) in [6.07, 6.45) is 1.80. The van der Waals surface area contributed by atoms with Gasteiger partial charge in [0, 0.05) is 20.4 Å². The van der Waals surface area contributed by atoms with Crippen LogP contribution >= 0.6 is 27.5 Å². The maximum Gasteiger partial charge on any atom is 0.229 e. The first-order valence-corrected chi connectivity index (χ1v) is 8.03. The fourth-order valence-corrected chi connectivity index (χ4v) is 2.87. The molecule has 0 saturated heterocycles. The van der Waals surface area contributed by atoms with Crippen molar-refractivity contribution < 1.29 is 13.9 Å². The van der Waals surface area contributed by atoms with Crippen molar-refractivity contribution in [3.63, 3.8) is 0 Å². The SMILES string of the molecule is COc1ccc(Cl)cc1NC(=O)Cc1coc2ccc(Br)cc12. The fourth-order valence-electron chi connectivity index (χ4n) is 2.34. The molecular formula is C17H13BrClNO3. The standard InChI is InChI=1S/C17H13BrClNO3/c1-22-16-5-3-12(19)8-14(16)20-17(21)6-10-9-23-15-4-2-11(18)7-13(10)15/h2-5,7-9H,6H2,1H3,(H,20,21). The molecule has 6 heteroatoms. The Morgan fingerprint density at radius 2 is 2.13 bits per heavy atom. The highest BCUT2D eigenvalue weighted by molar-refractivity contribution is 9.10. The van der Waals surface area contributed by atoms with E-state index < -0.39 is 0 Å². The number of hydrogen-bond acceptors (Lipinski definition) is 3. The minimum atomic E-state index is -0.173. The normalized spacial score (nSPS) is 10.7. The van der Waals surface area contributed by atoms with Crippen LogP contribution in [0.1, 0.15) is 5.56 Å². The van der Waals surface area contributed by atoms with Crippen molar-refractivity contribution in [3.8, 4) is 5.75 Å². The van der Waals surface area contributed by atoms with E-state index in [1.54, 1.807) is 31.6 Å². The Balaban J connectivity index is 1.81. The van der Waals surface area contributed by atoms with Crippen LogP contribution in [0.15, 0.2) is 51.6 Å². The van der Waals surface area contributed by atoms with Crippen LogP contribution < -0.4 is 10.1 Å². The van der Waals surface area contributed by atoms with Gasteiger partial charge in [-0.3, -0.25) is 4.79 Å². The van der Waals surface area contributed by atoms with Gasteiger partial charge in [-0.05, 0) is 36.4 Å². The van der Waals surface area contributed by atoms with Crippen molar-refractivity contribution in [2.24, 2.45) is 0 Å². The summed E-state index contributed by atoms with van der Waals surface area (Å²) in [4.78, 5) is 12.3. The van der Waals surface area contributed by atoms with Crippen LogP contribution in [-0.4, -0.2) is 13.0 Å². The molecule has 0 aliphatic heterocycles. The average molecular weight is 395 g/mol. The number of rotatable bonds is 4. The third kappa shape index (κ3) is 3.51. The van der Waals surface area contributed by atoms with Crippen LogP contribution in [0.5, 0.6) is 5.75 Å². The molecule has 0 aliphatic rings.